The average molecular weight is 279 g/mol. The van der Waals surface area contributed by atoms with E-state index in [0.29, 0.717) is 0 Å². The molecule has 1 heterocycles. The number of aryl methyl sites for hydroxylation is 1. The molecule has 0 saturated heterocycles. The molecule has 0 aliphatic rings. The molecule has 102 valence electrons. The van der Waals surface area contributed by atoms with Gasteiger partial charge in [0.2, 0.25) is 10.0 Å². The molecule has 1 aromatic heterocycles. The average Bonchev–Trinajstić information content (AvgIpc) is 2.85. The molecule has 0 saturated carbocycles. The molecule has 0 bridgehead atoms. The minimum absolute atomic E-state index is 0.00421. The zero-order valence-corrected chi connectivity index (χ0v) is 11.6. The first-order valence-corrected chi connectivity index (χ1v) is 7.77. The molecular formula is C13H17N3O2S. The van der Waals surface area contributed by atoms with Crippen LogP contribution in [0.15, 0.2) is 42.7 Å². The predicted octanol–water partition coefficient (Wildman–Crippen LogP) is 1.52. The molecular weight excluding hydrogens is 262 g/mol. The van der Waals surface area contributed by atoms with Crippen molar-refractivity contribution in [2.75, 3.05) is 0 Å². The summed E-state index contributed by atoms with van der Waals surface area (Å²) >= 11 is 0. The van der Waals surface area contributed by atoms with Crippen LogP contribution >= 0.6 is 0 Å². The van der Waals surface area contributed by atoms with Crippen molar-refractivity contribution in [1.82, 2.24) is 14.5 Å². The third kappa shape index (κ3) is 4.18. The van der Waals surface area contributed by atoms with Crippen LogP contribution in [0.25, 0.3) is 0 Å². The minimum atomic E-state index is -3.32. The van der Waals surface area contributed by atoms with E-state index in [2.05, 4.69) is 9.82 Å². The Balaban J connectivity index is 1.94. The van der Waals surface area contributed by atoms with Crippen LogP contribution < -0.4 is 4.72 Å². The van der Waals surface area contributed by atoms with Gasteiger partial charge < -0.3 is 0 Å². The third-order valence-electron chi connectivity index (χ3n) is 2.71. The quantitative estimate of drug-likeness (QED) is 0.872. The normalized spacial score (nSPS) is 11.6. The van der Waals surface area contributed by atoms with Crippen molar-refractivity contribution in [3.05, 3.63) is 53.9 Å². The van der Waals surface area contributed by atoms with Gasteiger partial charge in [0, 0.05) is 24.8 Å². The van der Waals surface area contributed by atoms with Crippen LogP contribution in [0.1, 0.15) is 18.1 Å². The first-order chi connectivity index (χ1) is 9.09. The van der Waals surface area contributed by atoms with Crippen molar-refractivity contribution in [2.24, 2.45) is 0 Å². The van der Waals surface area contributed by atoms with Crippen LogP contribution in [0, 0.1) is 0 Å². The molecule has 1 N–H and O–H groups in total. The Kier molecular flexibility index (Phi) is 4.34. The molecule has 0 atom stereocenters. The highest BCUT2D eigenvalue weighted by atomic mass is 32.2. The number of rotatable bonds is 6. The second-order valence-corrected chi connectivity index (χ2v) is 6.08. The molecule has 0 radical (unpaired) electrons. The molecule has 0 amide bonds. The van der Waals surface area contributed by atoms with E-state index in [1.807, 2.05) is 31.3 Å². The second kappa shape index (κ2) is 5.99. The van der Waals surface area contributed by atoms with Gasteiger partial charge in [-0.25, -0.2) is 13.1 Å². The van der Waals surface area contributed by atoms with Crippen molar-refractivity contribution in [3.63, 3.8) is 0 Å². The maximum absolute atomic E-state index is 11.9. The molecule has 6 heteroatoms. The lowest BCUT2D eigenvalue weighted by atomic mass is 10.2. The van der Waals surface area contributed by atoms with Crippen molar-refractivity contribution in [3.8, 4) is 0 Å². The summed E-state index contributed by atoms with van der Waals surface area (Å²) in [6.45, 7) is 3.03. The summed E-state index contributed by atoms with van der Waals surface area (Å²) in [5, 5.41) is 4.10. The lowest BCUT2D eigenvalue weighted by Crippen LogP contribution is -2.24. The Labute approximate surface area is 113 Å². The standard InChI is InChI=1S/C13H17N3O2S/c1-2-16-10-13(8-14-16)9-15-19(17,18)11-12-6-4-3-5-7-12/h3-8,10,15H,2,9,11H2,1H3. The smallest absolute Gasteiger partial charge is 0.216 e. The third-order valence-corrected chi connectivity index (χ3v) is 4.00. The molecule has 0 aliphatic heterocycles. The van der Waals surface area contributed by atoms with Crippen molar-refractivity contribution >= 4 is 10.0 Å². The van der Waals surface area contributed by atoms with Gasteiger partial charge in [0.15, 0.2) is 0 Å². The Bertz CT molecular complexity index is 620. The molecule has 19 heavy (non-hydrogen) atoms. The zero-order chi connectivity index (χ0) is 13.7. The highest BCUT2D eigenvalue weighted by Crippen LogP contribution is 2.05. The van der Waals surface area contributed by atoms with Gasteiger partial charge in [0.05, 0.1) is 11.9 Å². The number of hydrogen-bond donors (Lipinski definition) is 1. The van der Waals surface area contributed by atoms with Crippen LogP contribution in [0.5, 0.6) is 0 Å². The first-order valence-electron chi connectivity index (χ1n) is 6.11. The van der Waals surface area contributed by atoms with Gasteiger partial charge in [-0.3, -0.25) is 4.68 Å². The second-order valence-electron chi connectivity index (χ2n) is 4.27. The van der Waals surface area contributed by atoms with Gasteiger partial charge in [-0.1, -0.05) is 30.3 Å². The van der Waals surface area contributed by atoms with Gasteiger partial charge in [-0.2, -0.15) is 5.10 Å². The van der Waals surface area contributed by atoms with Crippen LogP contribution in [0.2, 0.25) is 0 Å². The summed E-state index contributed by atoms with van der Waals surface area (Å²) in [5.41, 5.74) is 1.64. The fraction of sp³-hybridized carbons (Fsp3) is 0.308. The summed E-state index contributed by atoms with van der Waals surface area (Å²) in [6, 6.07) is 9.12. The largest absolute Gasteiger partial charge is 0.273 e. The highest BCUT2D eigenvalue weighted by Gasteiger charge is 2.11. The maximum Gasteiger partial charge on any atom is 0.216 e. The Morgan fingerprint density at radius 1 is 1.21 bits per heavy atom. The minimum Gasteiger partial charge on any atom is -0.273 e. The number of nitrogens with one attached hydrogen (secondary N) is 1. The molecule has 1 aromatic carbocycles. The van der Waals surface area contributed by atoms with Gasteiger partial charge in [0.25, 0.3) is 0 Å². The summed E-state index contributed by atoms with van der Waals surface area (Å²) in [5.74, 6) is -0.00421. The van der Waals surface area contributed by atoms with E-state index in [1.165, 1.54) is 0 Å². The Morgan fingerprint density at radius 3 is 2.58 bits per heavy atom. The monoisotopic (exact) mass is 279 g/mol. The lowest BCUT2D eigenvalue weighted by Gasteiger charge is -2.05. The number of sulfonamides is 1. The van der Waals surface area contributed by atoms with Crippen LogP contribution in [0.3, 0.4) is 0 Å². The topological polar surface area (TPSA) is 64.0 Å². The molecule has 0 spiro atoms. The van der Waals surface area contributed by atoms with Crippen molar-refractivity contribution in [1.29, 1.82) is 0 Å². The van der Waals surface area contributed by atoms with Crippen molar-refractivity contribution < 1.29 is 8.42 Å². The van der Waals surface area contributed by atoms with Gasteiger partial charge >= 0.3 is 0 Å². The van der Waals surface area contributed by atoms with E-state index in [1.54, 1.807) is 23.0 Å². The summed E-state index contributed by atoms with van der Waals surface area (Å²) in [6.07, 6.45) is 3.51. The summed E-state index contributed by atoms with van der Waals surface area (Å²) < 4.78 is 28.2. The Morgan fingerprint density at radius 2 is 1.95 bits per heavy atom. The van der Waals surface area contributed by atoms with Crippen LogP contribution in [-0.4, -0.2) is 18.2 Å². The van der Waals surface area contributed by atoms with Gasteiger partial charge in [-0.05, 0) is 12.5 Å². The SMILES string of the molecule is CCn1cc(CNS(=O)(=O)Cc2ccccc2)cn1. The van der Waals surface area contributed by atoms with E-state index in [0.717, 1.165) is 17.7 Å². The summed E-state index contributed by atoms with van der Waals surface area (Å²) in [7, 11) is -3.32. The van der Waals surface area contributed by atoms with E-state index in [-0.39, 0.29) is 12.3 Å². The van der Waals surface area contributed by atoms with Crippen molar-refractivity contribution in [2.45, 2.75) is 25.8 Å². The fourth-order valence-corrected chi connectivity index (χ4v) is 2.83. The fourth-order valence-electron chi connectivity index (χ4n) is 1.71. The Hall–Kier alpha value is -1.66. The maximum atomic E-state index is 11.9. The number of hydrogen-bond acceptors (Lipinski definition) is 3. The van der Waals surface area contributed by atoms with Crippen LogP contribution in [0.4, 0.5) is 0 Å². The zero-order valence-electron chi connectivity index (χ0n) is 10.8. The molecule has 2 aromatic rings. The van der Waals surface area contributed by atoms with Crippen LogP contribution in [-0.2, 0) is 28.9 Å². The van der Waals surface area contributed by atoms with E-state index in [4.69, 9.17) is 0 Å². The first kappa shape index (κ1) is 13.8. The number of aromatic nitrogens is 2. The molecule has 0 aliphatic carbocycles. The highest BCUT2D eigenvalue weighted by molar-refractivity contribution is 7.88. The molecule has 2 rings (SSSR count). The summed E-state index contributed by atoms with van der Waals surface area (Å²) in [4.78, 5) is 0. The molecule has 5 nitrogen and oxygen atoms in total. The van der Waals surface area contributed by atoms with Gasteiger partial charge in [0.1, 0.15) is 0 Å². The molecule has 0 fully saturated rings. The van der Waals surface area contributed by atoms with Gasteiger partial charge in [-0.15, -0.1) is 0 Å². The van der Waals surface area contributed by atoms with E-state index >= 15 is 0 Å². The number of nitrogens with zero attached hydrogens (tertiary/aromatic N) is 2. The predicted molar refractivity (Wildman–Crippen MR) is 73.8 cm³/mol. The van der Waals surface area contributed by atoms with E-state index < -0.39 is 10.0 Å². The number of benzene rings is 1. The lowest BCUT2D eigenvalue weighted by molar-refractivity contribution is 0.580. The van der Waals surface area contributed by atoms with E-state index in [9.17, 15) is 8.42 Å². The molecule has 0 unspecified atom stereocenters.